The first kappa shape index (κ1) is 23.0. The van der Waals surface area contributed by atoms with Crippen molar-refractivity contribution in [2.24, 2.45) is 5.41 Å². The zero-order valence-electron chi connectivity index (χ0n) is 19.8. The Morgan fingerprint density at radius 1 is 1.03 bits per heavy atom. The molecule has 3 aromatic rings. The molecule has 5 rings (SSSR count). The number of hydrogen-bond acceptors (Lipinski definition) is 6. The summed E-state index contributed by atoms with van der Waals surface area (Å²) in [7, 11) is 0. The molecule has 0 amide bonds. The minimum absolute atomic E-state index is 0.0697. The summed E-state index contributed by atoms with van der Waals surface area (Å²) >= 11 is 0. The van der Waals surface area contributed by atoms with Crippen molar-refractivity contribution in [2.45, 2.75) is 31.8 Å². The monoisotopic (exact) mass is 474 g/mol. The number of rotatable bonds is 4. The van der Waals surface area contributed by atoms with E-state index >= 15 is 0 Å². The van der Waals surface area contributed by atoms with Gasteiger partial charge in [0.1, 0.15) is 6.04 Å². The highest BCUT2D eigenvalue weighted by Crippen LogP contribution is 2.55. The summed E-state index contributed by atoms with van der Waals surface area (Å²) in [5.74, 6) is -0.948. The molecule has 0 radical (unpaired) electrons. The molecule has 0 aromatic heterocycles. The van der Waals surface area contributed by atoms with E-state index in [1.54, 1.807) is 24.3 Å². The summed E-state index contributed by atoms with van der Waals surface area (Å²) in [6.45, 7) is 3.83. The van der Waals surface area contributed by atoms with Gasteiger partial charge in [-0.05, 0) is 31.0 Å². The molecule has 2 aliphatic rings. The molecule has 2 aliphatic heterocycles. The van der Waals surface area contributed by atoms with Crippen molar-refractivity contribution < 1.29 is 9.72 Å². The number of benzene rings is 3. The summed E-state index contributed by atoms with van der Waals surface area (Å²) < 4.78 is 0. The molecule has 0 saturated carbocycles. The maximum absolute atomic E-state index is 14.3. The predicted octanol–water partition coefficient (Wildman–Crippen LogP) is 5.50. The van der Waals surface area contributed by atoms with Crippen LogP contribution >= 0.6 is 0 Å². The summed E-state index contributed by atoms with van der Waals surface area (Å²) in [5, 5.41) is 32.4. The number of carbonyl (C=O) groups is 1. The number of hydrogen-bond donors (Lipinski definition) is 0. The van der Waals surface area contributed by atoms with Gasteiger partial charge in [0.2, 0.25) is 0 Å². The quantitative estimate of drug-likeness (QED) is 0.281. The van der Waals surface area contributed by atoms with Crippen LogP contribution in [0, 0.1) is 52.0 Å². The molecule has 0 spiro atoms. The highest BCUT2D eigenvalue weighted by atomic mass is 16.6. The van der Waals surface area contributed by atoms with Crippen molar-refractivity contribution in [3.63, 3.8) is 0 Å². The van der Waals surface area contributed by atoms with Gasteiger partial charge in [-0.25, -0.2) is 0 Å². The maximum Gasteiger partial charge on any atom is 0.270 e. The average Bonchev–Trinajstić information content (AvgIpc) is 3.19. The van der Waals surface area contributed by atoms with Crippen LogP contribution in [0.25, 0.3) is 6.08 Å². The van der Waals surface area contributed by atoms with Crippen molar-refractivity contribution in [2.75, 3.05) is 4.90 Å². The number of Topliss-reactive ketones (excluding diaryl/α,β-unsaturated/α-hetero) is 1. The van der Waals surface area contributed by atoms with Gasteiger partial charge < -0.3 is 4.90 Å². The first-order valence-electron chi connectivity index (χ1n) is 11.6. The molecule has 0 aliphatic carbocycles. The molecular weight excluding hydrogens is 452 g/mol. The molecule has 36 heavy (non-hydrogen) atoms. The molecular formula is C29H22N4O3. The smallest absolute Gasteiger partial charge is 0.270 e. The summed E-state index contributed by atoms with van der Waals surface area (Å²) in [6.07, 6.45) is 3.43. The average molecular weight is 475 g/mol. The number of nitro benzene ring substituents is 1. The van der Waals surface area contributed by atoms with Gasteiger partial charge in [-0.3, -0.25) is 14.9 Å². The highest BCUT2D eigenvalue weighted by Gasteiger charge is 2.63. The van der Waals surface area contributed by atoms with E-state index in [9.17, 15) is 25.4 Å². The van der Waals surface area contributed by atoms with Gasteiger partial charge in [0.15, 0.2) is 11.2 Å². The summed E-state index contributed by atoms with van der Waals surface area (Å²) in [6, 6.07) is 22.2. The van der Waals surface area contributed by atoms with Gasteiger partial charge in [-0.2, -0.15) is 10.5 Å². The molecule has 2 heterocycles. The first-order valence-corrected chi connectivity index (χ1v) is 11.6. The molecule has 3 aromatic carbocycles. The number of ketones is 1. The Kier molecular flexibility index (Phi) is 5.42. The van der Waals surface area contributed by atoms with Crippen molar-refractivity contribution in [3.05, 3.63) is 111 Å². The van der Waals surface area contributed by atoms with Crippen LogP contribution in [0.2, 0.25) is 0 Å². The molecule has 7 heteroatoms. The fourth-order valence-electron chi connectivity index (χ4n) is 5.68. The topological polar surface area (TPSA) is 111 Å². The number of carbonyl (C=O) groups excluding carboxylic acids is 1. The van der Waals surface area contributed by atoms with Crippen molar-refractivity contribution in [1.29, 1.82) is 10.5 Å². The molecule has 176 valence electrons. The van der Waals surface area contributed by atoms with E-state index in [1.807, 2.05) is 61.2 Å². The highest BCUT2D eigenvalue weighted by molar-refractivity contribution is 6.05. The van der Waals surface area contributed by atoms with Crippen LogP contribution in [0.15, 0.2) is 72.8 Å². The lowest BCUT2D eigenvalue weighted by molar-refractivity contribution is -0.384. The SMILES string of the molecule is Cc1ccc(C(=O)[C@@H]2[C@@H](c3ccccc3)C(C#N)(C#N)[C@H]3C=Cc4cc([N+](=O)[O-])ccc4N23)c(C)c1. The largest absolute Gasteiger partial charge is 0.351 e. The minimum Gasteiger partial charge on any atom is -0.351 e. The Balaban J connectivity index is 1.79. The van der Waals surface area contributed by atoms with Crippen LogP contribution in [0.4, 0.5) is 11.4 Å². The van der Waals surface area contributed by atoms with Crippen molar-refractivity contribution in [3.8, 4) is 12.1 Å². The second-order valence-corrected chi connectivity index (χ2v) is 9.32. The van der Waals surface area contributed by atoms with Gasteiger partial charge in [-0.1, -0.05) is 66.2 Å². The van der Waals surface area contributed by atoms with Crippen LogP contribution in [-0.2, 0) is 0 Å². The third-order valence-electron chi connectivity index (χ3n) is 7.28. The third-order valence-corrected chi connectivity index (χ3v) is 7.28. The van der Waals surface area contributed by atoms with E-state index in [1.165, 1.54) is 12.1 Å². The minimum atomic E-state index is -1.56. The van der Waals surface area contributed by atoms with E-state index in [2.05, 4.69) is 12.1 Å². The molecule has 1 fully saturated rings. The number of non-ortho nitro benzene ring substituents is 1. The maximum atomic E-state index is 14.3. The molecule has 0 bridgehead atoms. The second-order valence-electron chi connectivity index (χ2n) is 9.32. The summed E-state index contributed by atoms with van der Waals surface area (Å²) in [4.78, 5) is 27.1. The van der Waals surface area contributed by atoms with Gasteiger partial charge >= 0.3 is 0 Å². The number of nitrogens with zero attached hydrogens (tertiary/aromatic N) is 4. The zero-order valence-corrected chi connectivity index (χ0v) is 19.8. The van der Waals surface area contributed by atoms with Crippen LogP contribution in [0.5, 0.6) is 0 Å². The van der Waals surface area contributed by atoms with Crippen LogP contribution < -0.4 is 4.90 Å². The Morgan fingerprint density at radius 2 is 1.75 bits per heavy atom. The third kappa shape index (κ3) is 3.29. The van der Waals surface area contributed by atoms with Crippen LogP contribution in [0.1, 0.15) is 38.5 Å². The standard InChI is InChI=1S/C29H22N4O3/c1-18-8-11-23(19(2)14-18)28(34)27-26(20-6-4-3-5-7-20)29(16-30,17-31)25-13-9-21-15-22(33(35)36)10-12-24(21)32(25)27/h3-15,25-27H,1-2H3/t25-,26-,27+/m1/s1. The zero-order chi connectivity index (χ0) is 25.6. The number of fused-ring (bicyclic) bond motifs is 3. The Bertz CT molecular complexity index is 1500. The predicted molar refractivity (Wildman–Crippen MR) is 135 cm³/mol. The van der Waals surface area contributed by atoms with Gasteiger partial charge in [0.25, 0.3) is 5.69 Å². The lowest BCUT2D eigenvalue weighted by Crippen LogP contribution is -2.44. The van der Waals surface area contributed by atoms with Crippen LogP contribution in [0.3, 0.4) is 0 Å². The first-order chi connectivity index (χ1) is 17.3. The Morgan fingerprint density at radius 3 is 2.39 bits per heavy atom. The molecule has 7 nitrogen and oxygen atoms in total. The molecule has 3 atom stereocenters. The van der Waals surface area contributed by atoms with Crippen molar-refractivity contribution >= 4 is 23.2 Å². The van der Waals surface area contributed by atoms with Gasteiger partial charge in [0.05, 0.1) is 23.1 Å². The molecule has 0 N–H and O–H groups in total. The van der Waals surface area contributed by atoms with Gasteiger partial charge in [-0.15, -0.1) is 0 Å². The number of nitro groups is 1. The van der Waals surface area contributed by atoms with E-state index in [0.29, 0.717) is 16.8 Å². The number of anilines is 1. The molecule has 1 saturated heterocycles. The Labute approximate surface area is 208 Å². The van der Waals surface area contributed by atoms with E-state index in [0.717, 1.165) is 16.7 Å². The van der Waals surface area contributed by atoms with Crippen LogP contribution in [-0.4, -0.2) is 22.8 Å². The number of nitriles is 2. The fraction of sp³-hybridized carbons (Fsp3) is 0.207. The Hall–Kier alpha value is -4.75. The van der Waals surface area contributed by atoms with E-state index in [4.69, 9.17) is 0 Å². The lowest BCUT2D eigenvalue weighted by atomic mass is 9.69. The van der Waals surface area contributed by atoms with E-state index in [-0.39, 0.29) is 11.5 Å². The van der Waals surface area contributed by atoms with E-state index < -0.39 is 28.3 Å². The summed E-state index contributed by atoms with van der Waals surface area (Å²) in [5.41, 5.74) is 2.60. The fourth-order valence-corrected chi connectivity index (χ4v) is 5.68. The number of aryl methyl sites for hydroxylation is 2. The van der Waals surface area contributed by atoms with Crippen molar-refractivity contribution in [1.82, 2.24) is 0 Å². The second kappa shape index (κ2) is 8.48. The lowest BCUT2D eigenvalue weighted by Gasteiger charge is -2.35. The van der Waals surface area contributed by atoms with Gasteiger partial charge in [0, 0.05) is 34.9 Å². The molecule has 0 unspecified atom stereocenters. The normalized spacial score (nSPS) is 21.1.